The van der Waals surface area contributed by atoms with Crippen LogP contribution in [-0.2, 0) is 10.2 Å². The predicted octanol–water partition coefficient (Wildman–Crippen LogP) is 4.61. The molecular weight excluding hydrogens is 449 g/mol. The Hall–Kier alpha value is -1.08. The number of nitrogens with zero attached hydrogens (tertiary/aromatic N) is 2. The topological polar surface area (TPSA) is 36.9 Å². The van der Waals surface area contributed by atoms with Crippen LogP contribution in [0, 0.1) is 0 Å². The lowest BCUT2D eigenvalue weighted by molar-refractivity contribution is 0.0512. The summed E-state index contributed by atoms with van der Waals surface area (Å²) in [6, 6.07) is 10.9. The third-order valence-electron chi connectivity index (χ3n) is 5.40. The zero-order valence-corrected chi connectivity index (χ0v) is 19.3. The van der Waals surface area contributed by atoms with E-state index in [0.717, 1.165) is 51.5 Å². The van der Waals surface area contributed by atoms with Gasteiger partial charge in [-0.2, -0.15) is 0 Å². The second kappa shape index (κ2) is 13.2. The van der Waals surface area contributed by atoms with Gasteiger partial charge in [-0.3, -0.25) is 4.99 Å². The van der Waals surface area contributed by atoms with Crippen molar-refractivity contribution in [2.75, 3.05) is 40.4 Å². The first kappa shape index (κ1) is 24.0. The maximum Gasteiger partial charge on any atom is 0.193 e. The number of hydrogen-bond acceptors (Lipinski definition) is 2. The molecule has 1 fully saturated rings. The zero-order chi connectivity index (χ0) is 18.7. The van der Waals surface area contributed by atoms with Crippen LogP contribution in [0.1, 0.15) is 44.1 Å². The lowest BCUT2D eigenvalue weighted by Crippen LogP contribution is -2.48. The predicted molar refractivity (Wildman–Crippen MR) is 126 cm³/mol. The van der Waals surface area contributed by atoms with E-state index in [9.17, 15) is 0 Å². The number of rotatable bonds is 9. The van der Waals surface area contributed by atoms with Gasteiger partial charge in [-0.25, -0.2) is 0 Å². The largest absolute Gasteiger partial charge is 0.381 e. The van der Waals surface area contributed by atoms with Gasteiger partial charge in [0.25, 0.3) is 0 Å². The summed E-state index contributed by atoms with van der Waals surface area (Å²) >= 11 is 0. The third-order valence-corrected chi connectivity index (χ3v) is 5.40. The van der Waals surface area contributed by atoms with E-state index >= 15 is 0 Å². The molecule has 1 N–H and O–H groups in total. The van der Waals surface area contributed by atoms with Crippen molar-refractivity contribution >= 4 is 29.9 Å². The molecule has 1 aromatic rings. The maximum atomic E-state index is 5.64. The average molecular weight is 485 g/mol. The Morgan fingerprint density at radius 1 is 1.22 bits per heavy atom. The van der Waals surface area contributed by atoms with E-state index in [1.807, 2.05) is 13.1 Å². The second-order valence-electron chi connectivity index (χ2n) is 7.22. The van der Waals surface area contributed by atoms with Gasteiger partial charge < -0.3 is 15.0 Å². The molecule has 0 amide bonds. The molecule has 0 spiro atoms. The first-order valence-corrected chi connectivity index (χ1v) is 9.88. The van der Waals surface area contributed by atoms with Crippen LogP contribution in [0.3, 0.4) is 0 Å². The van der Waals surface area contributed by atoms with Gasteiger partial charge in [0, 0.05) is 45.8 Å². The molecule has 1 aliphatic heterocycles. The van der Waals surface area contributed by atoms with E-state index in [1.165, 1.54) is 24.8 Å². The summed E-state index contributed by atoms with van der Waals surface area (Å²) < 4.78 is 5.64. The highest BCUT2D eigenvalue weighted by atomic mass is 127. The van der Waals surface area contributed by atoms with Crippen LogP contribution in [0.25, 0.3) is 0 Å². The van der Waals surface area contributed by atoms with Crippen molar-refractivity contribution in [2.24, 2.45) is 4.99 Å². The molecule has 0 aromatic heterocycles. The highest BCUT2D eigenvalue weighted by Gasteiger charge is 2.34. The Labute approximate surface area is 182 Å². The van der Waals surface area contributed by atoms with Gasteiger partial charge in [-0.15, -0.1) is 30.6 Å². The highest BCUT2D eigenvalue weighted by Crippen LogP contribution is 2.34. The van der Waals surface area contributed by atoms with E-state index in [-0.39, 0.29) is 29.4 Å². The number of benzene rings is 1. The van der Waals surface area contributed by atoms with Crippen molar-refractivity contribution < 1.29 is 4.74 Å². The fourth-order valence-corrected chi connectivity index (χ4v) is 3.67. The molecule has 0 saturated carbocycles. The SMILES string of the molecule is C=CCCCCCN(C)C(=NC)NCC1(c2ccccc2)CCOCC1.I. The smallest absolute Gasteiger partial charge is 0.193 e. The first-order valence-electron chi connectivity index (χ1n) is 9.88. The van der Waals surface area contributed by atoms with E-state index in [4.69, 9.17) is 4.74 Å². The molecule has 1 aromatic carbocycles. The fourth-order valence-electron chi connectivity index (χ4n) is 3.67. The lowest BCUT2D eigenvalue weighted by Gasteiger charge is -2.39. The van der Waals surface area contributed by atoms with Crippen molar-refractivity contribution in [3.05, 3.63) is 48.6 Å². The van der Waals surface area contributed by atoms with E-state index in [1.54, 1.807) is 0 Å². The van der Waals surface area contributed by atoms with Crippen molar-refractivity contribution in [1.82, 2.24) is 10.2 Å². The second-order valence-corrected chi connectivity index (χ2v) is 7.22. The van der Waals surface area contributed by atoms with Crippen LogP contribution in [0.2, 0.25) is 0 Å². The van der Waals surface area contributed by atoms with E-state index in [2.05, 4.69) is 59.2 Å². The molecule has 0 unspecified atom stereocenters. The normalized spacial score (nSPS) is 16.3. The summed E-state index contributed by atoms with van der Waals surface area (Å²) in [7, 11) is 4.00. The maximum absolute atomic E-state index is 5.64. The molecule has 1 heterocycles. The van der Waals surface area contributed by atoms with Gasteiger partial charge in [0.15, 0.2) is 5.96 Å². The van der Waals surface area contributed by atoms with Crippen LogP contribution < -0.4 is 5.32 Å². The number of unbranched alkanes of at least 4 members (excludes halogenated alkanes) is 3. The molecule has 0 bridgehead atoms. The number of nitrogens with one attached hydrogen (secondary N) is 1. The van der Waals surface area contributed by atoms with Gasteiger partial charge in [-0.1, -0.05) is 42.8 Å². The quantitative estimate of drug-likeness (QED) is 0.183. The van der Waals surface area contributed by atoms with Gasteiger partial charge in [-0.05, 0) is 37.7 Å². The fraction of sp³-hybridized carbons (Fsp3) is 0.591. The Balaban J connectivity index is 0.00000364. The van der Waals surface area contributed by atoms with Crippen LogP contribution >= 0.6 is 24.0 Å². The van der Waals surface area contributed by atoms with E-state index in [0.29, 0.717) is 0 Å². The molecule has 152 valence electrons. The number of hydrogen-bond donors (Lipinski definition) is 1. The standard InChI is InChI=1S/C22H35N3O.HI/c1-4-5-6-7-11-16-25(3)21(23-2)24-19-22(14-17-26-18-15-22)20-12-9-8-10-13-20;/h4,8-10,12-13H,1,5-7,11,14-19H2,2-3H3,(H,23,24);1H. The molecule has 1 aliphatic rings. The summed E-state index contributed by atoms with van der Waals surface area (Å²) in [5.74, 6) is 0.982. The highest BCUT2D eigenvalue weighted by molar-refractivity contribution is 14.0. The summed E-state index contributed by atoms with van der Waals surface area (Å²) in [6.45, 7) is 7.36. The third kappa shape index (κ3) is 7.45. The van der Waals surface area contributed by atoms with Crippen LogP contribution in [-0.4, -0.2) is 51.3 Å². The van der Waals surface area contributed by atoms with Crippen LogP contribution in [0.5, 0.6) is 0 Å². The van der Waals surface area contributed by atoms with Gasteiger partial charge in [0.1, 0.15) is 0 Å². The Morgan fingerprint density at radius 2 is 1.93 bits per heavy atom. The summed E-state index contributed by atoms with van der Waals surface area (Å²) in [5.41, 5.74) is 1.53. The van der Waals surface area contributed by atoms with Gasteiger partial charge in [0.05, 0.1) is 0 Å². The van der Waals surface area contributed by atoms with Crippen molar-refractivity contribution in [2.45, 2.75) is 43.9 Å². The van der Waals surface area contributed by atoms with Gasteiger partial charge >= 0.3 is 0 Å². The van der Waals surface area contributed by atoms with Gasteiger partial charge in [0.2, 0.25) is 0 Å². The molecule has 4 nitrogen and oxygen atoms in total. The molecule has 27 heavy (non-hydrogen) atoms. The molecule has 0 radical (unpaired) electrons. The number of halogens is 1. The minimum Gasteiger partial charge on any atom is -0.381 e. The van der Waals surface area contributed by atoms with Crippen LogP contribution in [0.4, 0.5) is 0 Å². The molecule has 5 heteroatoms. The Bertz CT molecular complexity index is 556. The summed E-state index contributed by atoms with van der Waals surface area (Å²) in [5, 5.41) is 3.63. The first-order chi connectivity index (χ1) is 12.7. The molecule has 0 aliphatic carbocycles. The number of allylic oxidation sites excluding steroid dienone is 1. The van der Waals surface area contributed by atoms with Crippen molar-refractivity contribution in [3.8, 4) is 0 Å². The van der Waals surface area contributed by atoms with Crippen LogP contribution in [0.15, 0.2) is 48.0 Å². The minimum absolute atomic E-state index is 0. The molecule has 0 atom stereocenters. The minimum atomic E-state index is 0. The zero-order valence-electron chi connectivity index (χ0n) is 17.0. The van der Waals surface area contributed by atoms with Crippen molar-refractivity contribution in [1.29, 1.82) is 0 Å². The monoisotopic (exact) mass is 485 g/mol. The Morgan fingerprint density at radius 3 is 2.56 bits per heavy atom. The van der Waals surface area contributed by atoms with E-state index < -0.39 is 0 Å². The lowest BCUT2D eigenvalue weighted by atomic mass is 9.74. The Kier molecular flexibility index (Phi) is 11.7. The molecule has 1 saturated heterocycles. The summed E-state index contributed by atoms with van der Waals surface area (Å²) in [4.78, 5) is 6.74. The van der Waals surface area contributed by atoms with Crippen molar-refractivity contribution in [3.63, 3.8) is 0 Å². The summed E-state index contributed by atoms with van der Waals surface area (Å²) in [6.07, 6.45) is 8.85. The number of aliphatic imine (C=N–C) groups is 1. The average Bonchev–Trinajstić information content (AvgIpc) is 2.69. The molecule has 2 rings (SSSR count). The number of guanidine groups is 1. The number of ether oxygens (including phenoxy) is 1. The molecular formula is C22H36IN3O.